The third kappa shape index (κ3) is 5.05. The van der Waals surface area contributed by atoms with Crippen LogP contribution >= 0.6 is 0 Å². The number of hydrogen-bond acceptors (Lipinski definition) is 5. The normalized spacial score (nSPS) is 16.7. The predicted molar refractivity (Wildman–Crippen MR) is 115 cm³/mol. The van der Waals surface area contributed by atoms with Crippen LogP contribution in [0.2, 0.25) is 0 Å². The highest BCUT2D eigenvalue weighted by Gasteiger charge is 2.36. The lowest BCUT2D eigenvalue weighted by Gasteiger charge is -2.24. The number of H-pyrrole nitrogens is 1. The topological polar surface area (TPSA) is 77.7 Å². The van der Waals surface area contributed by atoms with Crippen molar-refractivity contribution in [2.45, 2.75) is 25.1 Å². The van der Waals surface area contributed by atoms with E-state index in [0.29, 0.717) is 17.0 Å². The Labute approximate surface area is 178 Å². The molecule has 1 aliphatic rings. The van der Waals surface area contributed by atoms with Crippen molar-refractivity contribution in [3.8, 4) is 11.3 Å². The first-order valence-corrected chi connectivity index (χ1v) is 10.0. The summed E-state index contributed by atoms with van der Waals surface area (Å²) in [4.78, 5) is 11.1. The maximum absolute atomic E-state index is 13.6. The number of halogens is 3. The van der Waals surface area contributed by atoms with E-state index < -0.39 is 11.7 Å². The van der Waals surface area contributed by atoms with Gasteiger partial charge in [0.25, 0.3) is 0 Å². The van der Waals surface area contributed by atoms with Gasteiger partial charge in [-0.1, -0.05) is 24.8 Å². The fourth-order valence-corrected chi connectivity index (χ4v) is 3.50. The van der Waals surface area contributed by atoms with Gasteiger partial charge in [-0.25, -0.2) is 9.97 Å². The molecule has 6 nitrogen and oxygen atoms in total. The Bertz CT molecular complexity index is 1040. The van der Waals surface area contributed by atoms with Gasteiger partial charge in [-0.3, -0.25) is 0 Å². The number of aromatic nitrogens is 3. The molecule has 4 rings (SSSR count). The second-order valence-electron chi connectivity index (χ2n) is 7.41. The van der Waals surface area contributed by atoms with Crippen LogP contribution in [0.4, 0.5) is 24.8 Å². The number of nitrogens with one attached hydrogen (secondary N) is 4. The van der Waals surface area contributed by atoms with Crippen LogP contribution in [0.25, 0.3) is 17.0 Å². The molecule has 1 saturated heterocycles. The van der Waals surface area contributed by atoms with E-state index in [4.69, 9.17) is 0 Å². The van der Waals surface area contributed by atoms with Gasteiger partial charge < -0.3 is 20.9 Å². The average molecular weight is 428 g/mol. The molecule has 0 aliphatic carbocycles. The zero-order valence-electron chi connectivity index (χ0n) is 16.8. The van der Waals surface area contributed by atoms with Crippen LogP contribution in [0, 0.1) is 0 Å². The number of aromatic amines is 1. The molecule has 1 fully saturated rings. The first kappa shape index (κ1) is 20.9. The Morgan fingerprint density at radius 1 is 1.19 bits per heavy atom. The minimum Gasteiger partial charge on any atom is -0.359 e. The van der Waals surface area contributed by atoms with Gasteiger partial charge in [-0.15, -0.1) is 0 Å². The summed E-state index contributed by atoms with van der Waals surface area (Å²) >= 11 is 0. The third-order valence-electron chi connectivity index (χ3n) is 5.07. The van der Waals surface area contributed by atoms with E-state index >= 15 is 0 Å². The average Bonchev–Trinajstić information content (AvgIpc) is 3.25. The highest BCUT2D eigenvalue weighted by atomic mass is 19.4. The van der Waals surface area contributed by atoms with E-state index in [1.165, 1.54) is 6.20 Å². The van der Waals surface area contributed by atoms with E-state index in [1.807, 2.05) is 30.3 Å². The molecule has 3 aromatic rings. The number of nitrogens with zero attached hydrogens (tertiary/aromatic N) is 2. The standard InChI is InChI=1S/C22H23F3N6/c1-14(29-16-6-3-2-4-7-16)19-10-15(11-27-19)20-18(22(23,24)25)13-28-21(31-20)30-17-8-5-9-26-12-17/h2-4,6-7,10-11,13,17,26-27,29H,1,5,8-9,12H2,(H,28,30,31)/t17-/m0/s1. The molecule has 162 valence electrons. The van der Waals surface area contributed by atoms with E-state index in [2.05, 4.69) is 37.5 Å². The van der Waals surface area contributed by atoms with Crippen molar-refractivity contribution < 1.29 is 13.2 Å². The molecule has 31 heavy (non-hydrogen) atoms. The van der Waals surface area contributed by atoms with E-state index in [0.717, 1.165) is 37.8 Å². The fraction of sp³-hybridized carbons (Fsp3) is 0.273. The van der Waals surface area contributed by atoms with Crippen molar-refractivity contribution in [3.05, 3.63) is 66.6 Å². The van der Waals surface area contributed by atoms with Crippen molar-refractivity contribution in [1.82, 2.24) is 20.3 Å². The first-order valence-electron chi connectivity index (χ1n) is 10.0. The van der Waals surface area contributed by atoms with Crippen LogP contribution < -0.4 is 16.0 Å². The van der Waals surface area contributed by atoms with Gasteiger partial charge in [0.05, 0.1) is 17.1 Å². The van der Waals surface area contributed by atoms with Crippen molar-refractivity contribution in [1.29, 1.82) is 0 Å². The number of hydrogen-bond donors (Lipinski definition) is 4. The number of anilines is 2. The second kappa shape index (κ2) is 8.81. The second-order valence-corrected chi connectivity index (χ2v) is 7.41. The molecule has 1 aliphatic heterocycles. The Morgan fingerprint density at radius 2 is 2.00 bits per heavy atom. The number of piperidine rings is 1. The van der Waals surface area contributed by atoms with Gasteiger partial charge in [-0.05, 0) is 37.6 Å². The molecule has 0 spiro atoms. The van der Waals surface area contributed by atoms with Gasteiger partial charge >= 0.3 is 6.18 Å². The summed E-state index contributed by atoms with van der Waals surface area (Å²) in [6, 6.07) is 11.1. The summed E-state index contributed by atoms with van der Waals surface area (Å²) in [5.41, 5.74) is 1.18. The van der Waals surface area contributed by atoms with Crippen LogP contribution in [-0.4, -0.2) is 34.1 Å². The van der Waals surface area contributed by atoms with Crippen molar-refractivity contribution in [2.24, 2.45) is 0 Å². The molecule has 0 radical (unpaired) electrons. The molecule has 0 unspecified atom stereocenters. The van der Waals surface area contributed by atoms with Gasteiger partial charge in [0.1, 0.15) is 5.56 Å². The van der Waals surface area contributed by atoms with Crippen LogP contribution in [0.1, 0.15) is 24.1 Å². The number of alkyl halides is 3. The van der Waals surface area contributed by atoms with Crippen molar-refractivity contribution in [3.63, 3.8) is 0 Å². The summed E-state index contributed by atoms with van der Waals surface area (Å²) < 4.78 is 40.9. The van der Waals surface area contributed by atoms with Crippen molar-refractivity contribution in [2.75, 3.05) is 23.7 Å². The maximum Gasteiger partial charge on any atom is 0.419 e. The molecule has 4 N–H and O–H groups in total. The monoisotopic (exact) mass is 428 g/mol. The molecular weight excluding hydrogens is 405 g/mol. The molecule has 9 heteroatoms. The molecular formula is C22H23F3N6. The molecule has 1 atom stereocenters. The molecule has 1 aromatic carbocycles. The van der Waals surface area contributed by atoms with Crippen LogP contribution in [0.15, 0.2) is 55.4 Å². The zero-order chi connectivity index (χ0) is 21.8. The third-order valence-corrected chi connectivity index (χ3v) is 5.07. The summed E-state index contributed by atoms with van der Waals surface area (Å²) in [7, 11) is 0. The van der Waals surface area contributed by atoms with Crippen LogP contribution in [-0.2, 0) is 6.18 Å². The SMILES string of the molecule is C=C(Nc1ccccc1)c1cc(-c2nc(N[C@H]3CCCNC3)ncc2C(F)(F)F)c[nH]1. The molecule has 3 heterocycles. The largest absolute Gasteiger partial charge is 0.419 e. The van der Waals surface area contributed by atoms with Gasteiger partial charge in [-0.2, -0.15) is 13.2 Å². The Morgan fingerprint density at radius 3 is 2.71 bits per heavy atom. The summed E-state index contributed by atoms with van der Waals surface area (Å²) in [6.07, 6.45) is -0.340. The van der Waals surface area contributed by atoms with Crippen molar-refractivity contribution >= 4 is 17.3 Å². The lowest BCUT2D eigenvalue weighted by molar-refractivity contribution is -0.137. The minimum atomic E-state index is -4.57. The van der Waals surface area contributed by atoms with E-state index in [-0.39, 0.29) is 17.7 Å². The first-order chi connectivity index (χ1) is 14.9. The van der Waals surface area contributed by atoms with Crippen LogP contribution in [0.3, 0.4) is 0 Å². The predicted octanol–water partition coefficient (Wildman–Crippen LogP) is 4.74. The highest BCUT2D eigenvalue weighted by molar-refractivity contribution is 5.77. The lowest BCUT2D eigenvalue weighted by Crippen LogP contribution is -2.38. The summed E-state index contributed by atoms with van der Waals surface area (Å²) in [5, 5.41) is 9.53. The van der Waals surface area contributed by atoms with E-state index in [9.17, 15) is 13.2 Å². The summed E-state index contributed by atoms with van der Waals surface area (Å²) in [5.74, 6) is 0.181. The Hall–Kier alpha value is -3.33. The molecule has 0 amide bonds. The zero-order valence-corrected chi connectivity index (χ0v) is 16.8. The summed E-state index contributed by atoms with van der Waals surface area (Å²) in [6.45, 7) is 5.63. The smallest absolute Gasteiger partial charge is 0.359 e. The van der Waals surface area contributed by atoms with Gasteiger partial charge in [0.15, 0.2) is 0 Å². The van der Waals surface area contributed by atoms with E-state index in [1.54, 1.807) is 6.07 Å². The fourth-order valence-electron chi connectivity index (χ4n) is 3.50. The minimum absolute atomic E-state index is 0.0787. The molecule has 2 aromatic heterocycles. The Balaban J connectivity index is 1.61. The number of para-hydroxylation sites is 1. The maximum atomic E-state index is 13.6. The Kier molecular flexibility index (Phi) is 5.94. The highest BCUT2D eigenvalue weighted by Crippen LogP contribution is 2.36. The lowest BCUT2D eigenvalue weighted by atomic mass is 10.1. The number of rotatable bonds is 6. The number of benzene rings is 1. The van der Waals surface area contributed by atoms with Gasteiger partial charge in [0.2, 0.25) is 5.95 Å². The van der Waals surface area contributed by atoms with Gasteiger partial charge in [0, 0.05) is 36.2 Å². The quantitative estimate of drug-likeness (QED) is 0.456. The van der Waals surface area contributed by atoms with Crippen LogP contribution in [0.5, 0.6) is 0 Å². The molecule has 0 bridgehead atoms. The molecule has 0 saturated carbocycles.